The summed E-state index contributed by atoms with van der Waals surface area (Å²) in [5, 5.41) is 0.904. The zero-order valence-corrected chi connectivity index (χ0v) is 13.5. The largest absolute Gasteiger partial charge is 0.491 e. The lowest BCUT2D eigenvalue weighted by atomic mass is 9.99. The normalized spacial score (nSPS) is 12.2. The van der Waals surface area contributed by atoms with Crippen LogP contribution in [-0.4, -0.2) is 22.5 Å². The van der Waals surface area contributed by atoms with Crippen molar-refractivity contribution in [3.63, 3.8) is 0 Å². The fraction of sp³-hybridized carbons (Fsp3) is 0.353. The summed E-state index contributed by atoms with van der Waals surface area (Å²) in [5.41, 5.74) is 6.80. The first-order valence-electron chi connectivity index (χ1n) is 7.26. The summed E-state index contributed by atoms with van der Waals surface area (Å²) in [6.07, 6.45) is 5.44. The maximum absolute atomic E-state index is 11.1. The summed E-state index contributed by atoms with van der Waals surface area (Å²) in [5.74, 6) is -0.0234. The van der Waals surface area contributed by atoms with Gasteiger partial charge in [0.05, 0.1) is 19.4 Å². The van der Waals surface area contributed by atoms with Gasteiger partial charge in [-0.15, -0.1) is 0 Å². The Bertz CT molecular complexity index is 791. The molecule has 6 nitrogen and oxygen atoms in total. The lowest BCUT2D eigenvalue weighted by Crippen LogP contribution is -2.16. The zero-order chi connectivity index (χ0) is 17.0. The molecule has 0 saturated heterocycles. The van der Waals surface area contributed by atoms with Crippen LogP contribution in [0.3, 0.4) is 0 Å². The number of primary amides is 1. The minimum Gasteiger partial charge on any atom is -0.491 e. The lowest BCUT2D eigenvalue weighted by molar-refractivity contribution is -0.114. The topological polar surface area (TPSA) is 85.4 Å². The Labute approximate surface area is 135 Å². The number of hydrogen-bond acceptors (Lipinski definition) is 3. The number of aromatic nitrogens is 2. The number of nitrogens with one attached hydrogen (secondary N) is 1. The second-order valence-electron chi connectivity index (χ2n) is 6.50. The molecule has 3 N–H and O–H groups in total. The van der Waals surface area contributed by atoms with Crippen molar-refractivity contribution in [1.82, 2.24) is 9.97 Å². The summed E-state index contributed by atoms with van der Waals surface area (Å²) in [7, 11) is 0. The fourth-order valence-electron chi connectivity index (χ4n) is 1.99. The maximum atomic E-state index is 11.1. The second kappa shape index (κ2) is 6.53. The van der Waals surface area contributed by atoms with Gasteiger partial charge in [0, 0.05) is 11.6 Å². The van der Waals surface area contributed by atoms with E-state index in [2.05, 4.69) is 35.6 Å². The Morgan fingerprint density at radius 3 is 2.87 bits per heavy atom. The highest BCUT2D eigenvalue weighted by molar-refractivity contribution is 5.93. The minimum atomic E-state index is -0.716. The molecule has 120 valence electrons. The van der Waals surface area contributed by atoms with Crippen LogP contribution in [0.5, 0.6) is 5.75 Å². The molecular weight excluding hydrogens is 292 g/mol. The molecule has 0 aliphatic rings. The maximum Gasteiger partial charge on any atom is 0.247 e. The van der Waals surface area contributed by atoms with Crippen molar-refractivity contribution in [3.8, 4) is 5.75 Å². The number of carbonyl (C=O) groups excluding carboxylic acids is 1. The van der Waals surface area contributed by atoms with Gasteiger partial charge in [-0.05, 0) is 23.5 Å². The standard InChI is InChI=1S/C17H20N4O2/c1-17(2,3)10-23-12-7-13-11(8-20-16(13)21-9-12)5-6-14(19-4)15(18)22/h6-9H,5,10H2,1-3H3,(H2,18,22)(H,20,21)/b14-6-. The molecule has 0 spiro atoms. The average Bonchev–Trinajstić information content (AvgIpc) is 2.87. The number of hydrogen-bond donors (Lipinski definition) is 2. The van der Waals surface area contributed by atoms with Gasteiger partial charge in [-0.1, -0.05) is 26.8 Å². The van der Waals surface area contributed by atoms with Crippen molar-refractivity contribution in [2.24, 2.45) is 11.1 Å². The van der Waals surface area contributed by atoms with E-state index in [9.17, 15) is 4.79 Å². The van der Waals surface area contributed by atoms with Crippen LogP contribution in [0.1, 0.15) is 26.3 Å². The first-order chi connectivity index (χ1) is 10.8. The number of H-pyrrole nitrogens is 1. The van der Waals surface area contributed by atoms with E-state index in [4.69, 9.17) is 17.0 Å². The quantitative estimate of drug-likeness (QED) is 0.657. The Hall–Kier alpha value is -2.81. The van der Waals surface area contributed by atoms with Crippen LogP contribution in [0, 0.1) is 12.0 Å². The monoisotopic (exact) mass is 312 g/mol. The van der Waals surface area contributed by atoms with Gasteiger partial charge >= 0.3 is 0 Å². The number of nitrogens with two attached hydrogens (primary N) is 1. The molecule has 0 unspecified atom stereocenters. The molecule has 2 aromatic heterocycles. The number of nitrogens with zero attached hydrogens (tertiary/aromatic N) is 2. The van der Waals surface area contributed by atoms with Gasteiger partial charge in [0.15, 0.2) is 0 Å². The van der Waals surface area contributed by atoms with Crippen molar-refractivity contribution >= 4 is 16.9 Å². The van der Waals surface area contributed by atoms with E-state index in [1.165, 1.54) is 6.08 Å². The predicted molar refractivity (Wildman–Crippen MR) is 88.6 cm³/mol. The molecule has 0 bridgehead atoms. The van der Waals surface area contributed by atoms with Gasteiger partial charge in [-0.25, -0.2) is 9.83 Å². The number of rotatable bonds is 5. The summed E-state index contributed by atoms with van der Waals surface area (Å²) in [6, 6.07) is 1.91. The zero-order valence-electron chi connectivity index (χ0n) is 13.5. The highest BCUT2D eigenvalue weighted by Crippen LogP contribution is 2.24. The predicted octanol–water partition coefficient (Wildman–Crippen LogP) is 2.82. The van der Waals surface area contributed by atoms with E-state index < -0.39 is 5.91 Å². The van der Waals surface area contributed by atoms with Gasteiger partial charge in [0.2, 0.25) is 11.6 Å². The summed E-state index contributed by atoms with van der Waals surface area (Å²) < 4.78 is 5.77. The third-order valence-corrected chi connectivity index (χ3v) is 3.15. The molecule has 2 rings (SSSR count). The van der Waals surface area contributed by atoms with Crippen LogP contribution < -0.4 is 10.5 Å². The van der Waals surface area contributed by atoms with Crippen LogP contribution >= 0.6 is 0 Å². The smallest absolute Gasteiger partial charge is 0.247 e. The molecule has 0 aromatic carbocycles. The first kappa shape index (κ1) is 16.6. The Morgan fingerprint density at radius 2 is 2.26 bits per heavy atom. The van der Waals surface area contributed by atoms with Crippen molar-refractivity contribution in [1.29, 1.82) is 0 Å². The van der Waals surface area contributed by atoms with E-state index in [0.29, 0.717) is 18.8 Å². The van der Waals surface area contributed by atoms with Crippen LogP contribution in [-0.2, 0) is 11.2 Å². The highest BCUT2D eigenvalue weighted by atomic mass is 16.5. The van der Waals surface area contributed by atoms with E-state index in [1.807, 2.05) is 12.3 Å². The molecular formula is C17H20N4O2. The SMILES string of the molecule is [C-]#[N+]/C(=C\Cc1c[nH]c2ncc(OCC(C)(C)C)cc12)C(N)=O. The Morgan fingerprint density at radius 1 is 1.52 bits per heavy atom. The molecule has 6 heteroatoms. The number of fused-ring (bicyclic) bond motifs is 1. The Kier molecular flexibility index (Phi) is 4.70. The molecule has 0 saturated carbocycles. The van der Waals surface area contributed by atoms with Crippen molar-refractivity contribution in [2.75, 3.05) is 6.61 Å². The number of allylic oxidation sites excluding steroid dienone is 1. The highest BCUT2D eigenvalue weighted by Gasteiger charge is 2.12. The molecule has 0 aliphatic carbocycles. The van der Waals surface area contributed by atoms with E-state index in [1.54, 1.807) is 6.20 Å². The van der Waals surface area contributed by atoms with Gasteiger partial charge < -0.3 is 15.5 Å². The Balaban J connectivity index is 2.25. The minimum absolute atomic E-state index is 0.0602. The fourth-order valence-corrected chi connectivity index (χ4v) is 1.99. The number of amides is 1. The van der Waals surface area contributed by atoms with Crippen LogP contribution in [0.2, 0.25) is 0 Å². The van der Waals surface area contributed by atoms with Gasteiger partial charge in [-0.3, -0.25) is 4.79 Å². The van der Waals surface area contributed by atoms with Crippen LogP contribution in [0.15, 0.2) is 30.2 Å². The van der Waals surface area contributed by atoms with E-state index >= 15 is 0 Å². The first-order valence-corrected chi connectivity index (χ1v) is 7.26. The third kappa shape index (κ3) is 4.33. The molecule has 1 amide bonds. The van der Waals surface area contributed by atoms with Gasteiger partial charge in [0.25, 0.3) is 0 Å². The lowest BCUT2D eigenvalue weighted by Gasteiger charge is -2.18. The summed E-state index contributed by atoms with van der Waals surface area (Å²) >= 11 is 0. The van der Waals surface area contributed by atoms with Crippen LogP contribution in [0.25, 0.3) is 15.9 Å². The number of carbonyl (C=O) groups is 1. The molecule has 2 aromatic rings. The molecule has 0 radical (unpaired) electrons. The van der Waals surface area contributed by atoms with Crippen molar-refractivity contribution in [2.45, 2.75) is 27.2 Å². The molecule has 0 fully saturated rings. The van der Waals surface area contributed by atoms with Crippen molar-refractivity contribution in [3.05, 3.63) is 47.2 Å². The number of ether oxygens (including phenoxy) is 1. The summed E-state index contributed by atoms with van der Waals surface area (Å²) in [4.78, 5) is 21.6. The number of pyridine rings is 1. The second-order valence-corrected chi connectivity index (χ2v) is 6.50. The van der Waals surface area contributed by atoms with Crippen molar-refractivity contribution < 1.29 is 9.53 Å². The molecule has 0 aliphatic heterocycles. The average molecular weight is 312 g/mol. The van der Waals surface area contributed by atoms with Crippen LogP contribution in [0.4, 0.5) is 0 Å². The molecule has 23 heavy (non-hydrogen) atoms. The van der Waals surface area contributed by atoms with Gasteiger partial charge in [0.1, 0.15) is 11.4 Å². The van der Waals surface area contributed by atoms with Gasteiger partial charge in [-0.2, -0.15) is 0 Å². The molecule has 2 heterocycles. The third-order valence-electron chi connectivity index (χ3n) is 3.15. The molecule has 0 atom stereocenters. The number of aromatic amines is 1. The van der Waals surface area contributed by atoms with E-state index in [-0.39, 0.29) is 11.1 Å². The summed E-state index contributed by atoms with van der Waals surface area (Å²) in [6.45, 7) is 13.8. The van der Waals surface area contributed by atoms with E-state index in [0.717, 1.165) is 16.6 Å².